The quantitative estimate of drug-likeness (QED) is 0.715. The van der Waals surface area contributed by atoms with Gasteiger partial charge in [-0.15, -0.1) is 0 Å². The summed E-state index contributed by atoms with van der Waals surface area (Å²) in [4.78, 5) is 5.30. The van der Waals surface area contributed by atoms with E-state index in [-0.39, 0.29) is 0 Å². The Labute approximate surface area is 118 Å². The molecule has 0 aromatic carbocycles. The molecule has 2 saturated heterocycles. The van der Waals surface area contributed by atoms with Crippen molar-refractivity contribution in [3.05, 3.63) is 0 Å². The highest BCUT2D eigenvalue weighted by Crippen LogP contribution is 2.22. The first kappa shape index (κ1) is 14.8. The van der Waals surface area contributed by atoms with E-state index in [4.69, 9.17) is 5.26 Å². The number of likely N-dealkylation sites (tertiary alicyclic amines) is 2. The zero-order valence-electron chi connectivity index (χ0n) is 12.5. The second-order valence-corrected chi connectivity index (χ2v) is 6.41. The number of piperidine rings is 2. The highest BCUT2D eigenvalue weighted by atomic mass is 15.2. The van der Waals surface area contributed by atoms with E-state index in [1.165, 1.54) is 58.3 Å². The van der Waals surface area contributed by atoms with Crippen molar-refractivity contribution in [3.63, 3.8) is 0 Å². The van der Waals surface area contributed by atoms with Crippen LogP contribution in [0.4, 0.5) is 0 Å². The molecule has 2 fully saturated rings. The van der Waals surface area contributed by atoms with Crippen molar-refractivity contribution in [2.24, 2.45) is 5.92 Å². The highest BCUT2D eigenvalue weighted by molar-refractivity contribution is 4.80. The zero-order valence-corrected chi connectivity index (χ0v) is 12.5. The van der Waals surface area contributed by atoms with Gasteiger partial charge in [-0.3, -0.25) is 0 Å². The maximum absolute atomic E-state index is 8.62. The molecule has 0 aliphatic carbocycles. The lowest BCUT2D eigenvalue weighted by molar-refractivity contribution is 0.0937. The van der Waals surface area contributed by atoms with Gasteiger partial charge in [-0.1, -0.05) is 6.42 Å². The van der Waals surface area contributed by atoms with Crippen molar-refractivity contribution < 1.29 is 0 Å². The fourth-order valence-electron chi connectivity index (χ4n) is 3.65. The van der Waals surface area contributed by atoms with E-state index in [0.29, 0.717) is 6.42 Å². The van der Waals surface area contributed by atoms with Gasteiger partial charge in [-0.2, -0.15) is 5.26 Å². The van der Waals surface area contributed by atoms with Crippen molar-refractivity contribution >= 4 is 0 Å². The summed E-state index contributed by atoms with van der Waals surface area (Å²) in [6.07, 6.45) is 8.70. The van der Waals surface area contributed by atoms with Crippen LogP contribution in [-0.4, -0.2) is 48.6 Å². The lowest BCUT2D eigenvalue weighted by Crippen LogP contribution is -2.45. The third-order valence-corrected chi connectivity index (χ3v) is 4.80. The molecule has 2 unspecified atom stereocenters. The molecular weight excluding hydrogens is 234 g/mol. The Kier molecular flexibility index (Phi) is 6.13. The average Bonchev–Trinajstić information content (AvgIpc) is 2.42. The second-order valence-electron chi connectivity index (χ2n) is 6.41. The maximum Gasteiger partial charge on any atom is 0.0622 e. The largest absolute Gasteiger partial charge is 0.303 e. The number of rotatable bonds is 5. The normalized spacial score (nSPS) is 30.1. The van der Waals surface area contributed by atoms with Crippen molar-refractivity contribution in [1.29, 1.82) is 5.26 Å². The minimum atomic E-state index is 0.713. The van der Waals surface area contributed by atoms with Gasteiger partial charge >= 0.3 is 0 Å². The summed E-state index contributed by atoms with van der Waals surface area (Å²) in [7, 11) is 0. The molecule has 0 amide bonds. The van der Waals surface area contributed by atoms with Gasteiger partial charge in [0.2, 0.25) is 0 Å². The molecule has 0 aromatic heterocycles. The summed E-state index contributed by atoms with van der Waals surface area (Å²) in [5.74, 6) is 0.858. The lowest BCUT2D eigenvalue weighted by Gasteiger charge is -2.39. The predicted molar refractivity (Wildman–Crippen MR) is 78.9 cm³/mol. The van der Waals surface area contributed by atoms with Crippen LogP contribution in [0.15, 0.2) is 0 Å². The van der Waals surface area contributed by atoms with Gasteiger partial charge in [0.25, 0.3) is 0 Å². The van der Waals surface area contributed by atoms with Crippen LogP contribution in [0, 0.1) is 17.2 Å². The summed E-state index contributed by atoms with van der Waals surface area (Å²) in [5.41, 5.74) is 0. The first-order valence-electron chi connectivity index (χ1n) is 8.13. The molecule has 0 aromatic rings. The fourth-order valence-corrected chi connectivity index (χ4v) is 3.65. The van der Waals surface area contributed by atoms with E-state index in [2.05, 4.69) is 22.8 Å². The first-order chi connectivity index (χ1) is 9.29. The summed E-state index contributed by atoms with van der Waals surface area (Å²) in [5, 5.41) is 8.62. The third-order valence-electron chi connectivity index (χ3n) is 4.80. The number of hydrogen-bond acceptors (Lipinski definition) is 3. The highest BCUT2D eigenvalue weighted by Gasteiger charge is 2.25. The minimum Gasteiger partial charge on any atom is -0.303 e. The molecule has 2 heterocycles. The van der Waals surface area contributed by atoms with E-state index in [0.717, 1.165) is 24.9 Å². The van der Waals surface area contributed by atoms with Gasteiger partial charge in [-0.05, 0) is 64.6 Å². The van der Waals surface area contributed by atoms with Crippen molar-refractivity contribution in [2.75, 3.05) is 32.7 Å². The lowest BCUT2D eigenvalue weighted by atomic mass is 9.94. The molecule has 108 valence electrons. The van der Waals surface area contributed by atoms with Crippen LogP contribution in [0.1, 0.15) is 51.9 Å². The van der Waals surface area contributed by atoms with E-state index >= 15 is 0 Å². The molecule has 19 heavy (non-hydrogen) atoms. The van der Waals surface area contributed by atoms with Crippen LogP contribution in [-0.2, 0) is 0 Å². The number of hydrogen-bond donors (Lipinski definition) is 0. The molecule has 2 aliphatic heterocycles. The summed E-state index contributed by atoms with van der Waals surface area (Å²) < 4.78 is 0. The van der Waals surface area contributed by atoms with Crippen LogP contribution >= 0.6 is 0 Å². The second kappa shape index (κ2) is 7.87. The maximum atomic E-state index is 8.62. The Morgan fingerprint density at radius 3 is 2.84 bits per heavy atom. The van der Waals surface area contributed by atoms with Crippen LogP contribution in [0.5, 0.6) is 0 Å². The van der Waals surface area contributed by atoms with Gasteiger partial charge in [0.05, 0.1) is 6.07 Å². The van der Waals surface area contributed by atoms with Gasteiger partial charge in [0.1, 0.15) is 0 Å². The number of nitriles is 1. The summed E-state index contributed by atoms with van der Waals surface area (Å²) in [6, 6.07) is 3.05. The van der Waals surface area contributed by atoms with Crippen molar-refractivity contribution in [1.82, 2.24) is 9.80 Å². The zero-order chi connectivity index (χ0) is 13.5. The third kappa shape index (κ3) is 4.78. The smallest absolute Gasteiger partial charge is 0.0622 e. The Bertz CT molecular complexity index is 297. The number of nitrogens with zero attached hydrogens (tertiary/aromatic N) is 3. The Balaban J connectivity index is 1.72. The monoisotopic (exact) mass is 263 g/mol. The van der Waals surface area contributed by atoms with Crippen LogP contribution in [0.25, 0.3) is 0 Å². The summed E-state index contributed by atoms with van der Waals surface area (Å²) in [6.45, 7) is 8.64. The van der Waals surface area contributed by atoms with Gasteiger partial charge in [0, 0.05) is 25.6 Å². The Hall–Kier alpha value is -0.590. The average molecular weight is 263 g/mol. The van der Waals surface area contributed by atoms with Crippen molar-refractivity contribution in [2.45, 2.75) is 57.9 Å². The van der Waals surface area contributed by atoms with E-state index in [1.54, 1.807) is 0 Å². The SMILES string of the molecule is CC1CCCCN1CC1CCCN(CCCC#N)C1. The molecule has 0 bridgehead atoms. The van der Waals surface area contributed by atoms with Crippen LogP contribution in [0.3, 0.4) is 0 Å². The van der Waals surface area contributed by atoms with Gasteiger partial charge < -0.3 is 9.80 Å². The topological polar surface area (TPSA) is 30.3 Å². The summed E-state index contributed by atoms with van der Waals surface area (Å²) >= 11 is 0. The van der Waals surface area contributed by atoms with Gasteiger partial charge in [0.15, 0.2) is 0 Å². The molecular formula is C16H29N3. The van der Waals surface area contributed by atoms with Crippen molar-refractivity contribution in [3.8, 4) is 6.07 Å². The standard InChI is InChI=1S/C16H29N3/c1-15-7-2-4-12-19(15)14-16-8-6-11-18(13-16)10-5-3-9-17/h15-16H,2-8,10-14H2,1H3. The molecule has 2 atom stereocenters. The van der Waals surface area contributed by atoms with Crippen LogP contribution < -0.4 is 0 Å². The molecule has 3 nitrogen and oxygen atoms in total. The van der Waals surface area contributed by atoms with E-state index < -0.39 is 0 Å². The number of unbranched alkanes of at least 4 members (excludes halogenated alkanes) is 1. The molecule has 0 spiro atoms. The molecule has 2 aliphatic rings. The minimum absolute atomic E-state index is 0.713. The molecule has 0 saturated carbocycles. The fraction of sp³-hybridized carbons (Fsp3) is 0.938. The first-order valence-corrected chi connectivity index (χ1v) is 8.13. The van der Waals surface area contributed by atoms with Gasteiger partial charge in [-0.25, -0.2) is 0 Å². The van der Waals surface area contributed by atoms with E-state index in [1.807, 2.05) is 0 Å². The molecule has 3 heteroatoms. The van der Waals surface area contributed by atoms with Crippen LogP contribution in [0.2, 0.25) is 0 Å². The Morgan fingerprint density at radius 1 is 1.16 bits per heavy atom. The molecule has 0 N–H and O–H groups in total. The predicted octanol–water partition coefficient (Wildman–Crippen LogP) is 2.88. The molecule has 2 rings (SSSR count). The van der Waals surface area contributed by atoms with E-state index in [9.17, 15) is 0 Å². The Morgan fingerprint density at radius 2 is 2.05 bits per heavy atom. The molecule has 0 radical (unpaired) electrons.